The summed E-state index contributed by atoms with van der Waals surface area (Å²) in [6.45, 7) is 1.24. The van der Waals surface area contributed by atoms with E-state index in [1.165, 1.54) is 6.92 Å². The van der Waals surface area contributed by atoms with Crippen molar-refractivity contribution in [2.45, 2.75) is 13.1 Å². The predicted octanol–water partition coefficient (Wildman–Crippen LogP) is 3.45. The zero-order chi connectivity index (χ0) is 15.2. The number of carboxylic acids is 1. The van der Waals surface area contributed by atoms with Gasteiger partial charge >= 0.3 is 12.1 Å². The van der Waals surface area contributed by atoms with E-state index in [1.807, 2.05) is 0 Å². The second-order valence-electron chi connectivity index (χ2n) is 3.90. The van der Waals surface area contributed by atoms with Crippen molar-refractivity contribution in [2.24, 2.45) is 0 Å². The molecule has 2 aromatic heterocycles. The van der Waals surface area contributed by atoms with Crippen molar-refractivity contribution in [3.8, 4) is 0 Å². The van der Waals surface area contributed by atoms with Crippen molar-refractivity contribution >= 4 is 28.6 Å². The summed E-state index contributed by atoms with van der Waals surface area (Å²) in [5, 5.41) is 8.06. The van der Waals surface area contributed by atoms with Crippen LogP contribution in [0.15, 0.2) is 6.07 Å². The van der Waals surface area contributed by atoms with E-state index in [0.29, 0.717) is 6.07 Å². The van der Waals surface area contributed by atoms with E-state index in [-0.39, 0.29) is 10.9 Å². The molecule has 0 aromatic carbocycles. The molecule has 0 amide bonds. The first-order valence-corrected chi connectivity index (χ1v) is 5.47. The van der Waals surface area contributed by atoms with Gasteiger partial charge in [-0.2, -0.15) is 13.2 Å². The summed E-state index contributed by atoms with van der Waals surface area (Å²) in [6.07, 6.45) is -4.97. The van der Waals surface area contributed by atoms with E-state index in [2.05, 4.69) is 9.97 Å². The average Bonchev–Trinajstić information content (AvgIpc) is 2.33. The molecule has 2 aromatic rings. The van der Waals surface area contributed by atoms with Crippen LogP contribution in [0.2, 0.25) is 5.15 Å². The molecule has 0 aliphatic carbocycles. The Morgan fingerprint density at radius 1 is 1.35 bits per heavy atom. The van der Waals surface area contributed by atoms with E-state index in [0.717, 1.165) is 0 Å². The fraction of sp³-hybridized carbons (Fsp3) is 0.182. The molecule has 106 valence electrons. The van der Waals surface area contributed by atoms with Gasteiger partial charge < -0.3 is 5.11 Å². The summed E-state index contributed by atoms with van der Waals surface area (Å²) < 4.78 is 51.8. The third-order valence-electron chi connectivity index (χ3n) is 2.62. The quantitative estimate of drug-likeness (QED) is 0.647. The van der Waals surface area contributed by atoms with Gasteiger partial charge in [-0.25, -0.2) is 19.2 Å². The van der Waals surface area contributed by atoms with Crippen LogP contribution in [0, 0.1) is 12.7 Å². The maximum atomic E-state index is 13.5. The van der Waals surface area contributed by atoms with Gasteiger partial charge in [0.2, 0.25) is 0 Å². The van der Waals surface area contributed by atoms with Gasteiger partial charge in [0, 0.05) is 5.39 Å². The standard InChI is InChI=1S/C11H5ClF4N2O2/c1-3-4-2-5(10(19)20)7(11(14,15)16)17-9(4)18-8(12)6(3)13/h2H,1H3,(H,19,20). The number of alkyl halides is 3. The number of pyridine rings is 2. The van der Waals surface area contributed by atoms with Crippen molar-refractivity contribution < 1.29 is 27.5 Å². The molecule has 0 fully saturated rings. The topological polar surface area (TPSA) is 63.1 Å². The molecule has 0 saturated heterocycles. The first kappa shape index (κ1) is 14.4. The molecule has 0 aliphatic rings. The number of rotatable bonds is 1. The van der Waals surface area contributed by atoms with E-state index in [9.17, 15) is 22.4 Å². The number of aromatic carboxylic acids is 1. The van der Waals surface area contributed by atoms with Crippen LogP contribution < -0.4 is 0 Å². The number of carboxylic acid groups (broad SMARTS) is 1. The molecule has 2 rings (SSSR count). The first-order valence-electron chi connectivity index (χ1n) is 5.09. The average molecular weight is 309 g/mol. The lowest BCUT2D eigenvalue weighted by Gasteiger charge is -2.11. The summed E-state index contributed by atoms with van der Waals surface area (Å²) >= 11 is 5.44. The molecule has 0 saturated carbocycles. The molecule has 20 heavy (non-hydrogen) atoms. The fourth-order valence-corrected chi connectivity index (χ4v) is 1.88. The van der Waals surface area contributed by atoms with Gasteiger partial charge in [0.05, 0.1) is 5.56 Å². The molecule has 9 heteroatoms. The number of aromatic nitrogens is 2. The molecule has 0 aliphatic heterocycles. The lowest BCUT2D eigenvalue weighted by atomic mass is 10.1. The monoisotopic (exact) mass is 308 g/mol. The summed E-state index contributed by atoms with van der Waals surface area (Å²) in [7, 11) is 0. The van der Waals surface area contributed by atoms with Gasteiger partial charge in [0.15, 0.2) is 22.3 Å². The summed E-state index contributed by atoms with van der Waals surface area (Å²) in [5.74, 6) is -2.75. The fourth-order valence-electron chi connectivity index (χ4n) is 1.66. The maximum Gasteiger partial charge on any atom is 0.434 e. The van der Waals surface area contributed by atoms with Crippen LogP contribution in [-0.2, 0) is 6.18 Å². The van der Waals surface area contributed by atoms with Crippen LogP contribution in [-0.4, -0.2) is 21.0 Å². The van der Waals surface area contributed by atoms with Crippen LogP contribution in [0.1, 0.15) is 21.6 Å². The molecule has 0 unspecified atom stereocenters. The number of halogens is 5. The Morgan fingerprint density at radius 3 is 2.45 bits per heavy atom. The Kier molecular flexibility index (Phi) is 3.29. The molecule has 0 spiro atoms. The number of fused-ring (bicyclic) bond motifs is 1. The minimum Gasteiger partial charge on any atom is -0.478 e. The van der Waals surface area contributed by atoms with Crippen LogP contribution in [0.4, 0.5) is 17.6 Å². The largest absolute Gasteiger partial charge is 0.478 e. The lowest BCUT2D eigenvalue weighted by molar-refractivity contribution is -0.141. The molecule has 0 radical (unpaired) electrons. The molecule has 0 bridgehead atoms. The van der Waals surface area contributed by atoms with Crippen molar-refractivity contribution in [1.82, 2.24) is 9.97 Å². The molecule has 2 heterocycles. The summed E-state index contributed by atoms with van der Waals surface area (Å²) in [4.78, 5) is 17.5. The van der Waals surface area contributed by atoms with Crippen LogP contribution in [0.5, 0.6) is 0 Å². The van der Waals surface area contributed by atoms with Crippen molar-refractivity contribution in [2.75, 3.05) is 0 Å². The van der Waals surface area contributed by atoms with Gasteiger partial charge in [0.25, 0.3) is 0 Å². The Labute approximate surface area is 114 Å². The highest BCUT2D eigenvalue weighted by Gasteiger charge is 2.38. The highest BCUT2D eigenvalue weighted by Crippen LogP contribution is 2.33. The first-order chi connectivity index (χ1) is 9.12. The second kappa shape index (κ2) is 4.55. The van der Waals surface area contributed by atoms with E-state index < -0.39 is 40.0 Å². The van der Waals surface area contributed by atoms with Gasteiger partial charge in [-0.15, -0.1) is 0 Å². The number of nitrogens with zero attached hydrogens (tertiary/aromatic N) is 2. The molecule has 1 N–H and O–H groups in total. The number of hydrogen-bond acceptors (Lipinski definition) is 3. The van der Waals surface area contributed by atoms with Gasteiger partial charge in [-0.05, 0) is 18.6 Å². The molecular formula is C11H5ClF4N2O2. The van der Waals surface area contributed by atoms with Crippen molar-refractivity contribution in [3.05, 3.63) is 33.9 Å². The predicted molar refractivity (Wildman–Crippen MR) is 61.2 cm³/mol. The SMILES string of the molecule is Cc1c(F)c(Cl)nc2nc(C(F)(F)F)c(C(=O)O)cc12. The third-order valence-corrected chi connectivity index (χ3v) is 2.87. The summed E-state index contributed by atoms with van der Waals surface area (Å²) in [5.41, 5.74) is -3.27. The second-order valence-corrected chi connectivity index (χ2v) is 4.26. The van der Waals surface area contributed by atoms with Crippen LogP contribution in [0.25, 0.3) is 11.0 Å². The Balaban J connectivity index is 2.93. The van der Waals surface area contributed by atoms with Gasteiger partial charge in [0.1, 0.15) is 0 Å². The zero-order valence-corrected chi connectivity index (χ0v) is 10.5. The minimum atomic E-state index is -4.97. The lowest BCUT2D eigenvalue weighted by Crippen LogP contribution is -2.16. The van der Waals surface area contributed by atoms with E-state index in [1.54, 1.807) is 0 Å². The number of aryl methyl sites for hydroxylation is 1. The Hall–Kier alpha value is -1.96. The Morgan fingerprint density at radius 2 is 1.95 bits per heavy atom. The highest BCUT2D eigenvalue weighted by molar-refractivity contribution is 6.30. The molecule has 4 nitrogen and oxygen atoms in total. The zero-order valence-electron chi connectivity index (χ0n) is 9.72. The van der Waals surface area contributed by atoms with E-state index >= 15 is 0 Å². The number of carbonyl (C=O) groups is 1. The smallest absolute Gasteiger partial charge is 0.434 e. The maximum absolute atomic E-state index is 13.5. The Bertz CT molecular complexity index is 731. The number of hydrogen-bond donors (Lipinski definition) is 1. The molecule has 0 atom stereocenters. The normalized spacial score (nSPS) is 11.9. The van der Waals surface area contributed by atoms with Gasteiger partial charge in [-0.3, -0.25) is 0 Å². The van der Waals surface area contributed by atoms with Crippen LogP contribution in [0.3, 0.4) is 0 Å². The van der Waals surface area contributed by atoms with Gasteiger partial charge in [-0.1, -0.05) is 11.6 Å². The molecular weight excluding hydrogens is 304 g/mol. The van der Waals surface area contributed by atoms with Crippen molar-refractivity contribution in [1.29, 1.82) is 0 Å². The van der Waals surface area contributed by atoms with Crippen molar-refractivity contribution in [3.63, 3.8) is 0 Å². The minimum absolute atomic E-state index is 0.122. The van der Waals surface area contributed by atoms with E-state index in [4.69, 9.17) is 16.7 Å². The highest BCUT2D eigenvalue weighted by atomic mass is 35.5. The summed E-state index contributed by atoms with van der Waals surface area (Å²) in [6, 6.07) is 0.690. The van der Waals surface area contributed by atoms with Crippen LogP contribution >= 0.6 is 11.6 Å². The third kappa shape index (κ3) is 2.26.